The van der Waals surface area contributed by atoms with Gasteiger partial charge in [-0.25, -0.2) is 10.1 Å². The first-order chi connectivity index (χ1) is 14.9. The van der Waals surface area contributed by atoms with E-state index in [0.717, 1.165) is 32.2 Å². The number of anilines is 2. The molecule has 154 valence electrons. The number of carbonyl (C=O) groups is 1. The molecule has 0 fully saturated rings. The Morgan fingerprint density at radius 3 is 2.77 bits per heavy atom. The van der Waals surface area contributed by atoms with Crippen molar-refractivity contribution in [3.63, 3.8) is 0 Å². The number of nitrogens with zero attached hydrogens (tertiary/aromatic N) is 4. The molecule has 3 heterocycles. The molecule has 0 aliphatic heterocycles. The highest BCUT2D eigenvalue weighted by Crippen LogP contribution is 2.36. The first kappa shape index (κ1) is 19.3. The third kappa shape index (κ3) is 3.54. The molecule has 2 aromatic carbocycles. The summed E-state index contributed by atoms with van der Waals surface area (Å²) >= 11 is 1.66. The Morgan fingerprint density at radius 1 is 1.13 bits per heavy atom. The summed E-state index contributed by atoms with van der Waals surface area (Å²) in [6, 6.07) is 15.3. The fraction of sp³-hybridized carbons (Fsp3) is 0.136. The minimum atomic E-state index is -0.938. The van der Waals surface area contributed by atoms with E-state index in [1.54, 1.807) is 37.3 Å². The Hall–Kier alpha value is -3.69. The van der Waals surface area contributed by atoms with Gasteiger partial charge >= 0.3 is 0 Å². The maximum absolute atomic E-state index is 12.6. The Kier molecular flexibility index (Phi) is 4.49. The number of carbonyl (C=O) groups excluding carboxylic acids is 1. The second-order valence-electron chi connectivity index (χ2n) is 7.86. The van der Waals surface area contributed by atoms with Crippen molar-refractivity contribution in [2.45, 2.75) is 19.4 Å². The smallest absolute Gasteiger partial charge is 0.182 e. The molecule has 9 heteroatoms. The molecular formula is C22H19N7OS. The quantitative estimate of drug-likeness (QED) is 0.356. The molecule has 0 saturated heterocycles. The van der Waals surface area contributed by atoms with E-state index in [-0.39, 0.29) is 5.78 Å². The summed E-state index contributed by atoms with van der Waals surface area (Å²) in [7, 11) is 0. The highest BCUT2D eigenvalue weighted by molar-refractivity contribution is 7.18. The van der Waals surface area contributed by atoms with Crippen molar-refractivity contribution in [1.82, 2.24) is 25.6 Å². The molecule has 0 atom stereocenters. The number of ketones is 1. The predicted molar refractivity (Wildman–Crippen MR) is 123 cm³/mol. The maximum atomic E-state index is 12.6. The summed E-state index contributed by atoms with van der Waals surface area (Å²) in [6.07, 6.45) is 0. The third-order valence-electron chi connectivity index (χ3n) is 4.99. The number of tetrazole rings is 1. The number of fused-ring (bicyclic) bond motifs is 3. The van der Waals surface area contributed by atoms with Crippen molar-refractivity contribution in [2.75, 3.05) is 5.32 Å². The van der Waals surface area contributed by atoms with Gasteiger partial charge in [0.05, 0.1) is 11.1 Å². The number of nitrogens with two attached hydrogens (primary N) is 1. The van der Waals surface area contributed by atoms with Gasteiger partial charge in [-0.2, -0.15) is 0 Å². The normalized spacial score (nSPS) is 11.8. The van der Waals surface area contributed by atoms with Gasteiger partial charge < -0.3 is 11.1 Å². The van der Waals surface area contributed by atoms with Crippen LogP contribution in [0, 0.1) is 0 Å². The lowest BCUT2D eigenvalue weighted by Crippen LogP contribution is -2.41. The number of aromatic amines is 1. The van der Waals surface area contributed by atoms with Crippen LogP contribution in [-0.2, 0) is 0 Å². The molecule has 0 aliphatic rings. The largest absolute Gasteiger partial charge is 0.340 e. The summed E-state index contributed by atoms with van der Waals surface area (Å²) in [6.45, 7) is 3.41. The number of hydrogen-bond acceptors (Lipinski definition) is 8. The zero-order valence-electron chi connectivity index (χ0n) is 16.9. The Labute approximate surface area is 181 Å². The minimum Gasteiger partial charge on any atom is -0.340 e. The molecule has 4 N–H and O–H groups in total. The van der Waals surface area contributed by atoms with E-state index >= 15 is 0 Å². The highest BCUT2D eigenvalue weighted by Gasteiger charge is 2.23. The number of rotatable bonds is 5. The lowest BCUT2D eigenvalue weighted by Gasteiger charge is -2.17. The molecule has 5 rings (SSSR count). The molecule has 31 heavy (non-hydrogen) atoms. The minimum absolute atomic E-state index is 0.117. The van der Waals surface area contributed by atoms with Gasteiger partial charge in [-0.1, -0.05) is 24.3 Å². The van der Waals surface area contributed by atoms with E-state index < -0.39 is 5.54 Å². The van der Waals surface area contributed by atoms with E-state index in [4.69, 9.17) is 10.7 Å². The molecule has 0 saturated carbocycles. The fourth-order valence-corrected chi connectivity index (χ4v) is 4.40. The zero-order valence-corrected chi connectivity index (χ0v) is 17.7. The van der Waals surface area contributed by atoms with Crippen LogP contribution in [0.5, 0.6) is 0 Å². The Balaban J connectivity index is 1.59. The van der Waals surface area contributed by atoms with Crippen molar-refractivity contribution < 1.29 is 4.79 Å². The summed E-state index contributed by atoms with van der Waals surface area (Å²) in [5.74, 6) is 1.18. The molecule has 3 aromatic heterocycles. The summed E-state index contributed by atoms with van der Waals surface area (Å²) in [5.41, 5.74) is 8.05. The van der Waals surface area contributed by atoms with Crippen molar-refractivity contribution in [3.8, 4) is 11.4 Å². The van der Waals surface area contributed by atoms with Crippen LogP contribution in [0.15, 0.2) is 53.9 Å². The SMILES string of the molecule is CC(C)(N)C(=O)c1cccc(Nc2nc3cc(-c4nnn[nH]4)ccc3c3sccc23)c1. The molecular weight excluding hydrogens is 410 g/mol. The van der Waals surface area contributed by atoms with E-state index in [1.807, 2.05) is 41.8 Å². The first-order valence-electron chi connectivity index (χ1n) is 9.66. The number of H-pyrrole nitrogens is 1. The molecule has 0 bridgehead atoms. The standard InChI is InChI=1S/C22H19N7OS/c1-22(2,23)19(30)12-4-3-5-14(10-12)24-21-16-8-9-31-18(16)15-7-6-13(11-17(15)25-21)20-26-28-29-27-20/h3-11H,23H2,1-2H3,(H,24,25)(H,26,27,28,29). The van der Waals surface area contributed by atoms with E-state index in [2.05, 4.69) is 25.9 Å². The van der Waals surface area contributed by atoms with Gasteiger partial charge in [0.1, 0.15) is 5.82 Å². The molecule has 0 radical (unpaired) electrons. The van der Waals surface area contributed by atoms with Gasteiger partial charge in [0, 0.05) is 32.3 Å². The fourth-order valence-electron chi connectivity index (χ4n) is 3.47. The van der Waals surface area contributed by atoms with Crippen LogP contribution >= 0.6 is 11.3 Å². The average molecular weight is 430 g/mol. The second-order valence-corrected chi connectivity index (χ2v) is 8.78. The van der Waals surface area contributed by atoms with Gasteiger partial charge in [-0.15, -0.1) is 16.4 Å². The van der Waals surface area contributed by atoms with Crippen molar-refractivity contribution in [2.24, 2.45) is 5.73 Å². The lowest BCUT2D eigenvalue weighted by molar-refractivity contribution is 0.0913. The van der Waals surface area contributed by atoms with Crippen LogP contribution < -0.4 is 11.1 Å². The van der Waals surface area contributed by atoms with Crippen LogP contribution in [0.4, 0.5) is 11.5 Å². The number of aromatic nitrogens is 5. The van der Waals surface area contributed by atoms with Crippen LogP contribution in [0.2, 0.25) is 0 Å². The Morgan fingerprint density at radius 2 is 2.00 bits per heavy atom. The number of nitrogens with one attached hydrogen (secondary N) is 2. The monoisotopic (exact) mass is 429 g/mol. The van der Waals surface area contributed by atoms with E-state index in [1.165, 1.54) is 0 Å². The molecule has 0 unspecified atom stereocenters. The lowest BCUT2D eigenvalue weighted by atomic mass is 9.94. The van der Waals surface area contributed by atoms with Gasteiger partial charge in [-0.3, -0.25) is 4.79 Å². The van der Waals surface area contributed by atoms with Crippen LogP contribution in [0.3, 0.4) is 0 Å². The van der Waals surface area contributed by atoms with E-state index in [9.17, 15) is 4.79 Å². The average Bonchev–Trinajstić information content (AvgIpc) is 3.45. The summed E-state index contributed by atoms with van der Waals surface area (Å²) in [5, 5.41) is 21.5. The van der Waals surface area contributed by atoms with Crippen molar-refractivity contribution in [3.05, 3.63) is 59.5 Å². The number of hydrogen-bond donors (Lipinski definition) is 3. The van der Waals surface area contributed by atoms with Gasteiger partial charge in [0.2, 0.25) is 0 Å². The van der Waals surface area contributed by atoms with Crippen molar-refractivity contribution >= 4 is 49.6 Å². The Bertz CT molecular complexity index is 1420. The molecule has 0 aliphatic carbocycles. The maximum Gasteiger partial charge on any atom is 0.182 e. The van der Waals surface area contributed by atoms with Gasteiger partial charge in [0.15, 0.2) is 11.6 Å². The summed E-state index contributed by atoms with van der Waals surface area (Å²) < 4.78 is 1.13. The number of thiophene rings is 1. The van der Waals surface area contributed by atoms with Crippen LogP contribution in [-0.4, -0.2) is 36.9 Å². The third-order valence-corrected chi connectivity index (χ3v) is 5.93. The topological polar surface area (TPSA) is 122 Å². The molecule has 0 spiro atoms. The predicted octanol–water partition coefficient (Wildman–Crippen LogP) is 4.29. The number of benzene rings is 2. The van der Waals surface area contributed by atoms with Gasteiger partial charge in [-0.05, 0) is 53.9 Å². The molecule has 0 amide bonds. The van der Waals surface area contributed by atoms with Gasteiger partial charge in [0.25, 0.3) is 0 Å². The van der Waals surface area contributed by atoms with Crippen LogP contribution in [0.25, 0.3) is 32.4 Å². The first-order valence-corrected chi connectivity index (χ1v) is 10.5. The molecule has 5 aromatic rings. The van der Waals surface area contributed by atoms with Crippen LogP contribution in [0.1, 0.15) is 24.2 Å². The van der Waals surface area contributed by atoms with Crippen molar-refractivity contribution in [1.29, 1.82) is 0 Å². The summed E-state index contributed by atoms with van der Waals surface area (Å²) in [4.78, 5) is 17.4. The molecule has 8 nitrogen and oxygen atoms in total. The second kappa shape index (κ2) is 7.22. The highest BCUT2D eigenvalue weighted by atomic mass is 32.1. The van der Waals surface area contributed by atoms with E-state index in [0.29, 0.717) is 17.2 Å². The number of Topliss-reactive ketones (excluding diaryl/α,β-unsaturated/α-hetero) is 1. The number of pyridine rings is 1. The zero-order chi connectivity index (χ0) is 21.6.